The molecule has 0 N–H and O–H groups in total. The molecule has 0 rings (SSSR count). The highest BCUT2D eigenvalue weighted by Gasteiger charge is 1.88. The van der Waals surface area contributed by atoms with Crippen LogP contribution in [0.25, 0.3) is 0 Å². The minimum atomic E-state index is -0.311. The Kier molecular flexibility index (Phi) is 5.17. The van der Waals surface area contributed by atoms with Gasteiger partial charge in [0.05, 0.1) is 7.11 Å². The van der Waals surface area contributed by atoms with Crippen molar-refractivity contribution in [1.29, 1.82) is 0 Å². The van der Waals surface area contributed by atoms with E-state index >= 15 is 0 Å². The van der Waals surface area contributed by atoms with Crippen molar-refractivity contribution in [3.05, 3.63) is 23.8 Å². The highest BCUT2D eigenvalue weighted by Crippen LogP contribution is 1.96. The number of esters is 1. The Bertz CT molecular complexity index is 178. The summed E-state index contributed by atoms with van der Waals surface area (Å²) < 4.78 is 4.43. The number of methoxy groups -OCH3 is 1. The molecule has 0 amide bonds. The number of ether oxygens (including phenoxy) is 1. The topological polar surface area (TPSA) is 26.3 Å². The van der Waals surface area contributed by atoms with Crippen LogP contribution in [0, 0.1) is 0 Å². The number of hydrogen-bond donors (Lipinski definition) is 0. The van der Waals surface area contributed by atoms with Crippen molar-refractivity contribution < 1.29 is 9.53 Å². The van der Waals surface area contributed by atoms with E-state index in [-0.39, 0.29) is 5.97 Å². The van der Waals surface area contributed by atoms with Crippen LogP contribution in [0.5, 0.6) is 0 Å². The van der Waals surface area contributed by atoms with Crippen molar-refractivity contribution in [2.75, 3.05) is 7.11 Å². The van der Waals surface area contributed by atoms with Crippen LogP contribution in [0.4, 0.5) is 0 Å². The van der Waals surface area contributed by atoms with Gasteiger partial charge in [-0.05, 0) is 13.3 Å². The van der Waals surface area contributed by atoms with Crippen molar-refractivity contribution in [2.24, 2.45) is 0 Å². The third-order valence-electron chi connectivity index (χ3n) is 1.21. The van der Waals surface area contributed by atoms with E-state index in [9.17, 15) is 4.79 Å². The van der Waals surface area contributed by atoms with Gasteiger partial charge in [0.2, 0.25) is 0 Å². The van der Waals surface area contributed by atoms with Gasteiger partial charge in [-0.3, -0.25) is 0 Å². The monoisotopic (exact) mass is 154 g/mol. The second-order valence-corrected chi connectivity index (χ2v) is 2.21. The summed E-state index contributed by atoms with van der Waals surface area (Å²) in [4.78, 5) is 10.6. The summed E-state index contributed by atoms with van der Waals surface area (Å²) in [6.07, 6.45) is 6.19. The second kappa shape index (κ2) is 5.71. The van der Waals surface area contributed by atoms with Crippen molar-refractivity contribution >= 4 is 5.97 Å². The van der Waals surface area contributed by atoms with E-state index in [1.54, 1.807) is 6.08 Å². The van der Waals surface area contributed by atoms with Crippen molar-refractivity contribution in [3.8, 4) is 0 Å². The summed E-state index contributed by atoms with van der Waals surface area (Å²) in [6, 6.07) is 0. The minimum absolute atomic E-state index is 0.311. The summed E-state index contributed by atoms with van der Waals surface area (Å²) in [5.41, 5.74) is 1.08. The van der Waals surface area contributed by atoms with E-state index in [2.05, 4.69) is 11.7 Å². The largest absolute Gasteiger partial charge is 0.466 e. The van der Waals surface area contributed by atoms with Gasteiger partial charge in [0.25, 0.3) is 0 Å². The lowest BCUT2D eigenvalue weighted by atomic mass is 10.2. The molecule has 0 aromatic carbocycles. The molecular formula is C9H14O2. The van der Waals surface area contributed by atoms with Crippen LogP contribution in [-0.4, -0.2) is 13.1 Å². The first-order chi connectivity index (χ1) is 5.20. The number of carbonyl (C=O) groups is 1. The van der Waals surface area contributed by atoms with Gasteiger partial charge in [-0.25, -0.2) is 4.79 Å². The standard InChI is InChI=1S/C9H14O2/c1-4-5-8(2)6-7-9(10)11-3/h5-7H,4H2,1-3H3/b7-6+,8-5+. The van der Waals surface area contributed by atoms with Crippen LogP contribution in [0.15, 0.2) is 23.8 Å². The third kappa shape index (κ3) is 5.40. The fourth-order valence-electron chi connectivity index (χ4n) is 0.658. The predicted molar refractivity (Wildman–Crippen MR) is 45.2 cm³/mol. The zero-order valence-electron chi connectivity index (χ0n) is 7.26. The molecular weight excluding hydrogens is 140 g/mol. The maximum Gasteiger partial charge on any atom is 0.330 e. The molecule has 0 fully saturated rings. The lowest BCUT2D eigenvalue weighted by Crippen LogP contribution is -1.93. The fourth-order valence-corrected chi connectivity index (χ4v) is 0.658. The Morgan fingerprint density at radius 3 is 2.55 bits per heavy atom. The number of rotatable bonds is 3. The van der Waals surface area contributed by atoms with Crippen molar-refractivity contribution in [3.63, 3.8) is 0 Å². The number of carbonyl (C=O) groups excluding carboxylic acids is 1. The highest BCUT2D eigenvalue weighted by atomic mass is 16.5. The molecule has 62 valence electrons. The zero-order chi connectivity index (χ0) is 8.69. The number of hydrogen-bond acceptors (Lipinski definition) is 2. The molecule has 2 heteroatoms. The molecule has 0 unspecified atom stereocenters. The molecule has 0 aliphatic rings. The van der Waals surface area contributed by atoms with Gasteiger partial charge < -0.3 is 4.74 Å². The summed E-state index contributed by atoms with van der Waals surface area (Å²) in [5, 5.41) is 0. The van der Waals surface area contributed by atoms with Crippen molar-refractivity contribution in [1.82, 2.24) is 0 Å². The molecule has 11 heavy (non-hydrogen) atoms. The van der Waals surface area contributed by atoms with Gasteiger partial charge in [0.15, 0.2) is 0 Å². The smallest absolute Gasteiger partial charge is 0.330 e. The van der Waals surface area contributed by atoms with E-state index in [1.165, 1.54) is 13.2 Å². The Morgan fingerprint density at radius 1 is 1.45 bits per heavy atom. The Labute approximate surface area is 67.6 Å². The van der Waals surface area contributed by atoms with Gasteiger partial charge in [0, 0.05) is 6.08 Å². The van der Waals surface area contributed by atoms with E-state index in [1.807, 2.05) is 13.0 Å². The molecule has 0 atom stereocenters. The molecule has 0 aromatic heterocycles. The molecule has 0 radical (unpaired) electrons. The molecule has 0 bridgehead atoms. The average Bonchev–Trinajstić information content (AvgIpc) is 2.01. The van der Waals surface area contributed by atoms with Crippen LogP contribution in [0.2, 0.25) is 0 Å². The Morgan fingerprint density at radius 2 is 2.09 bits per heavy atom. The summed E-state index contributed by atoms with van der Waals surface area (Å²) in [6.45, 7) is 4.00. The van der Waals surface area contributed by atoms with Gasteiger partial charge in [-0.2, -0.15) is 0 Å². The van der Waals surface area contributed by atoms with Crippen molar-refractivity contribution in [2.45, 2.75) is 20.3 Å². The average molecular weight is 154 g/mol. The predicted octanol–water partition coefficient (Wildman–Crippen LogP) is 2.07. The highest BCUT2D eigenvalue weighted by molar-refractivity contribution is 5.82. The first-order valence-corrected chi connectivity index (χ1v) is 3.63. The maximum atomic E-state index is 10.6. The molecule has 0 heterocycles. The van der Waals surface area contributed by atoms with Crippen LogP contribution >= 0.6 is 0 Å². The quantitative estimate of drug-likeness (QED) is 0.353. The van der Waals surface area contributed by atoms with Gasteiger partial charge in [-0.1, -0.05) is 24.6 Å². The van der Waals surface area contributed by atoms with Crippen LogP contribution in [0.3, 0.4) is 0 Å². The van der Waals surface area contributed by atoms with E-state index < -0.39 is 0 Å². The second-order valence-electron chi connectivity index (χ2n) is 2.21. The van der Waals surface area contributed by atoms with Gasteiger partial charge in [-0.15, -0.1) is 0 Å². The fraction of sp³-hybridized carbons (Fsp3) is 0.444. The molecule has 0 saturated carbocycles. The molecule has 0 saturated heterocycles. The molecule has 0 aromatic rings. The Hall–Kier alpha value is -1.05. The first-order valence-electron chi connectivity index (χ1n) is 3.63. The lowest BCUT2D eigenvalue weighted by molar-refractivity contribution is -0.134. The van der Waals surface area contributed by atoms with Gasteiger partial charge in [0.1, 0.15) is 0 Å². The van der Waals surface area contributed by atoms with E-state index in [0.29, 0.717) is 0 Å². The van der Waals surface area contributed by atoms with Crippen LogP contribution in [0.1, 0.15) is 20.3 Å². The molecule has 0 spiro atoms. The lowest BCUT2D eigenvalue weighted by Gasteiger charge is -1.90. The SMILES string of the molecule is CC/C=C(C)/C=C/C(=O)OC. The third-order valence-corrected chi connectivity index (χ3v) is 1.21. The Balaban J connectivity index is 3.92. The van der Waals surface area contributed by atoms with E-state index in [4.69, 9.17) is 0 Å². The number of allylic oxidation sites excluding steroid dienone is 3. The molecule has 0 aliphatic carbocycles. The van der Waals surface area contributed by atoms with Crippen LogP contribution in [-0.2, 0) is 9.53 Å². The summed E-state index contributed by atoms with van der Waals surface area (Å²) in [7, 11) is 1.37. The molecule has 2 nitrogen and oxygen atoms in total. The normalized spacial score (nSPS) is 12.1. The summed E-state index contributed by atoms with van der Waals surface area (Å²) >= 11 is 0. The maximum absolute atomic E-state index is 10.6. The first kappa shape index (κ1) is 9.95. The molecule has 0 aliphatic heterocycles. The zero-order valence-corrected chi connectivity index (χ0v) is 7.26. The van der Waals surface area contributed by atoms with Crippen LogP contribution < -0.4 is 0 Å². The minimum Gasteiger partial charge on any atom is -0.466 e. The summed E-state index contributed by atoms with van der Waals surface area (Å²) in [5.74, 6) is -0.311. The van der Waals surface area contributed by atoms with E-state index in [0.717, 1.165) is 12.0 Å². The van der Waals surface area contributed by atoms with Gasteiger partial charge >= 0.3 is 5.97 Å².